The van der Waals surface area contributed by atoms with E-state index in [1.165, 1.54) is 5.57 Å². The Morgan fingerprint density at radius 3 is 2.90 bits per heavy atom. The van der Waals surface area contributed by atoms with Gasteiger partial charge in [-0.1, -0.05) is 24.1 Å². The Morgan fingerprint density at radius 1 is 1.70 bits per heavy atom. The van der Waals surface area contributed by atoms with Gasteiger partial charge in [0.25, 0.3) is 0 Å². The minimum absolute atomic E-state index is 0.104. The van der Waals surface area contributed by atoms with E-state index < -0.39 is 0 Å². The zero-order chi connectivity index (χ0) is 7.56. The highest BCUT2D eigenvalue weighted by Crippen LogP contribution is 2.25. The molecule has 56 valence electrons. The second-order valence-corrected chi connectivity index (χ2v) is 3.42. The van der Waals surface area contributed by atoms with Gasteiger partial charge in [0, 0.05) is 5.03 Å². The molecule has 0 saturated carbocycles. The summed E-state index contributed by atoms with van der Waals surface area (Å²) in [5.41, 5.74) is 1.34. The monoisotopic (exact) mass is 176 g/mol. The van der Waals surface area contributed by atoms with Crippen molar-refractivity contribution in [3.63, 3.8) is 0 Å². The van der Waals surface area contributed by atoms with E-state index in [-0.39, 0.29) is 5.38 Å². The van der Waals surface area contributed by atoms with E-state index in [1.807, 2.05) is 12.2 Å². The van der Waals surface area contributed by atoms with Crippen molar-refractivity contribution in [1.82, 2.24) is 0 Å². The topological polar surface area (TPSA) is 0 Å². The van der Waals surface area contributed by atoms with Crippen molar-refractivity contribution >= 4 is 23.2 Å². The second-order valence-electron chi connectivity index (χ2n) is 2.43. The van der Waals surface area contributed by atoms with Gasteiger partial charge in [-0.05, 0) is 25.0 Å². The highest BCUT2D eigenvalue weighted by molar-refractivity contribution is 6.32. The third kappa shape index (κ3) is 2.03. The lowest BCUT2D eigenvalue weighted by Gasteiger charge is -2.12. The van der Waals surface area contributed by atoms with E-state index >= 15 is 0 Å². The van der Waals surface area contributed by atoms with Crippen molar-refractivity contribution in [3.05, 3.63) is 22.8 Å². The highest BCUT2D eigenvalue weighted by Gasteiger charge is 2.09. The SMILES string of the molecule is CCC1=CC(Cl)=CC(Cl)C1. The summed E-state index contributed by atoms with van der Waals surface area (Å²) in [6.45, 7) is 2.12. The molecule has 0 aromatic carbocycles. The van der Waals surface area contributed by atoms with E-state index in [1.54, 1.807) is 0 Å². The van der Waals surface area contributed by atoms with Crippen LogP contribution >= 0.6 is 23.2 Å². The Labute approximate surface area is 71.5 Å². The van der Waals surface area contributed by atoms with Crippen molar-refractivity contribution in [1.29, 1.82) is 0 Å². The molecule has 0 saturated heterocycles. The largest absolute Gasteiger partial charge is 0.118 e. The number of hydrogen-bond donors (Lipinski definition) is 0. The van der Waals surface area contributed by atoms with Crippen molar-refractivity contribution < 1.29 is 0 Å². The Bertz CT molecular complexity index is 180. The van der Waals surface area contributed by atoms with Crippen molar-refractivity contribution in [2.24, 2.45) is 0 Å². The van der Waals surface area contributed by atoms with Crippen LogP contribution in [0, 0.1) is 0 Å². The molecule has 0 N–H and O–H groups in total. The summed E-state index contributed by atoms with van der Waals surface area (Å²) >= 11 is 11.7. The molecule has 1 unspecified atom stereocenters. The first-order valence-electron chi connectivity index (χ1n) is 3.43. The minimum Gasteiger partial charge on any atom is -0.118 e. The van der Waals surface area contributed by atoms with Crippen LogP contribution in [0.2, 0.25) is 0 Å². The Morgan fingerprint density at radius 2 is 2.40 bits per heavy atom. The van der Waals surface area contributed by atoms with Crippen molar-refractivity contribution in [2.45, 2.75) is 25.1 Å². The Hall–Kier alpha value is 0.0600. The lowest BCUT2D eigenvalue weighted by molar-refractivity contribution is 0.898. The number of halogens is 2. The summed E-state index contributed by atoms with van der Waals surface area (Å²) in [5.74, 6) is 0. The van der Waals surface area contributed by atoms with Crippen LogP contribution in [0.25, 0.3) is 0 Å². The molecular formula is C8H10Cl2. The van der Waals surface area contributed by atoms with Crippen molar-refractivity contribution in [3.8, 4) is 0 Å². The smallest absolute Gasteiger partial charge is 0.0570 e. The van der Waals surface area contributed by atoms with E-state index in [9.17, 15) is 0 Å². The third-order valence-electron chi connectivity index (χ3n) is 1.59. The fourth-order valence-corrected chi connectivity index (χ4v) is 1.74. The van der Waals surface area contributed by atoms with Crippen LogP contribution in [0.5, 0.6) is 0 Å². The molecule has 0 bridgehead atoms. The average Bonchev–Trinajstić information content (AvgIpc) is 1.85. The summed E-state index contributed by atoms with van der Waals surface area (Å²) in [7, 11) is 0. The Balaban J connectivity index is 2.70. The molecule has 1 atom stereocenters. The predicted molar refractivity (Wildman–Crippen MR) is 46.6 cm³/mol. The lowest BCUT2D eigenvalue weighted by Crippen LogP contribution is -2.01. The zero-order valence-electron chi connectivity index (χ0n) is 5.90. The number of hydrogen-bond acceptors (Lipinski definition) is 0. The van der Waals surface area contributed by atoms with Gasteiger partial charge in [0.05, 0.1) is 5.38 Å². The van der Waals surface area contributed by atoms with Gasteiger partial charge >= 0.3 is 0 Å². The average molecular weight is 177 g/mol. The highest BCUT2D eigenvalue weighted by atomic mass is 35.5. The lowest BCUT2D eigenvalue weighted by atomic mass is 10.0. The van der Waals surface area contributed by atoms with Crippen LogP contribution in [0.4, 0.5) is 0 Å². The molecule has 0 heterocycles. The van der Waals surface area contributed by atoms with Crippen molar-refractivity contribution in [2.75, 3.05) is 0 Å². The molecule has 10 heavy (non-hydrogen) atoms. The molecule has 0 amide bonds. The van der Waals surface area contributed by atoms with E-state index in [0.717, 1.165) is 17.9 Å². The molecule has 0 nitrogen and oxygen atoms in total. The van der Waals surface area contributed by atoms with Gasteiger partial charge in [0.15, 0.2) is 0 Å². The fourth-order valence-electron chi connectivity index (χ4n) is 1.03. The number of allylic oxidation sites excluding steroid dienone is 4. The summed E-state index contributed by atoms with van der Waals surface area (Å²) in [5, 5.41) is 0.885. The van der Waals surface area contributed by atoms with Crippen LogP contribution in [0.15, 0.2) is 22.8 Å². The Kier molecular flexibility index (Phi) is 2.82. The molecule has 0 radical (unpaired) electrons. The second kappa shape index (κ2) is 3.45. The van der Waals surface area contributed by atoms with Crippen LogP contribution in [0.3, 0.4) is 0 Å². The first-order valence-corrected chi connectivity index (χ1v) is 4.24. The quantitative estimate of drug-likeness (QED) is 0.538. The standard InChI is InChI=1S/C8H10Cl2/c1-2-6-3-7(9)5-8(10)4-6/h3,5,8H,2,4H2,1H3. The van der Waals surface area contributed by atoms with Crippen LogP contribution in [-0.2, 0) is 0 Å². The van der Waals surface area contributed by atoms with Crippen LogP contribution in [-0.4, -0.2) is 5.38 Å². The minimum atomic E-state index is 0.104. The molecule has 0 spiro atoms. The van der Waals surface area contributed by atoms with E-state index in [0.29, 0.717) is 0 Å². The van der Waals surface area contributed by atoms with Crippen LogP contribution in [0.1, 0.15) is 19.8 Å². The molecule has 0 aromatic rings. The molecule has 0 aromatic heterocycles. The molecular weight excluding hydrogens is 167 g/mol. The molecule has 1 rings (SSSR count). The van der Waals surface area contributed by atoms with E-state index in [2.05, 4.69) is 6.92 Å². The zero-order valence-corrected chi connectivity index (χ0v) is 7.41. The fraction of sp³-hybridized carbons (Fsp3) is 0.500. The molecule has 2 heteroatoms. The maximum absolute atomic E-state index is 5.88. The summed E-state index contributed by atoms with van der Waals surface area (Å²) in [6.07, 6.45) is 5.88. The third-order valence-corrected chi connectivity index (χ3v) is 2.11. The maximum Gasteiger partial charge on any atom is 0.0570 e. The summed E-state index contributed by atoms with van der Waals surface area (Å²) < 4.78 is 0. The molecule has 1 aliphatic rings. The van der Waals surface area contributed by atoms with Gasteiger partial charge in [-0.2, -0.15) is 0 Å². The van der Waals surface area contributed by atoms with E-state index in [4.69, 9.17) is 23.2 Å². The molecule has 1 aliphatic carbocycles. The summed E-state index contributed by atoms with van der Waals surface area (Å²) in [6, 6.07) is 0. The molecule has 0 fully saturated rings. The predicted octanol–water partition coefficient (Wildman–Crippen LogP) is 3.46. The van der Waals surface area contributed by atoms with Gasteiger partial charge in [0.2, 0.25) is 0 Å². The van der Waals surface area contributed by atoms with Gasteiger partial charge in [0.1, 0.15) is 0 Å². The summed E-state index contributed by atoms with van der Waals surface area (Å²) in [4.78, 5) is 0. The van der Waals surface area contributed by atoms with Gasteiger partial charge in [-0.3, -0.25) is 0 Å². The van der Waals surface area contributed by atoms with Gasteiger partial charge in [-0.15, -0.1) is 11.6 Å². The molecule has 0 aliphatic heterocycles. The van der Waals surface area contributed by atoms with Gasteiger partial charge < -0.3 is 0 Å². The normalized spacial score (nSPS) is 25.7. The number of alkyl halides is 1. The van der Waals surface area contributed by atoms with Gasteiger partial charge in [-0.25, -0.2) is 0 Å². The maximum atomic E-state index is 5.88. The first kappa shape index (κ1) is 8.16. The number of rotatable bonds is 1. The van der Waals surface area contributed by atoms with Crippen LogP contribution < -0.4 is 0 Å². The first-order chi connectivity index (χ1) is 4.72.